The van der Waals surface area contributed by atoms with Crippen LogP contribution in [0.15, 0.2) is 83.8 Å². The van der Waals surface area contributed by atoms with Crippen molar-refractivity contribution in [1.29, 1.82) is 0 Å². The van der Waals surface area contributed by atoms with Crippen molar-refractivity contribution in [2.75, 3.05) is 24.6 Å². The fourth-order valence-corrected chi connectivity index (χ4v) is 4.31. The predicted molar refractivity (Wildman–Crippen MR) is 115 cm³/mol. The predicted octanol–water partition coefficient (Wildman–Crippen LogP) is 4.42. The summed E-state index contributed by atoms with van der Waals surface area (Å²) in [5, 5.41) is 0. The van der Waals surface area contributed by atoms with E-state index in [0.29, 0.717) is 24.7 Å². The smallest absolute Gasteiger partial charge is 0.264 e. The molecule has 0 N–H and O–H groups in total. The van der Waals surface area contributed by atoms with E-state index in [-0.39, 0.29) is 11.4 Å². The van der Waals surface area contributed by atoms with Gasteiger partial charge in [0.15, 0.2) is 0 Å². The minimum Gasteiger partial charge on any atom is -0.491 e. The Labute approximate surface area is 172 Å². The topological polar surface area (TPSA) is 55.8 Å². The highest BCUT2D eigenvalue weighted by molar-refractivity contribution is 7.92. The van der Waals surface area contributed by atoms with Crippen LogP contribution in [0.4, 0.5) is 5.69 Å². The minimum atomic E-state index is -3.75. The highest BCUT2D eigenvalue weighted by Crippen LogP contribution is 2.27. The van der Waals surface area contributed by atoms with Crippen molar-refractivity contribution in [1.82, 2.24) is 0 Å². The van der Waals surface area contributed by atoms with Gasteiger partial charge >= 0.3 is 0 Å². The Bertz CT molecular complexity index is 1000. The summed E-state index contributed by atoms with van der Waals surface area (Å²) >= 11 is 0. The van der Waals surface area contributed by atoms with Gasteiger partial charge in [0, 0.05) is 7.11 Å². The van der Waals surface area contributed by atoms with E-state index in [9.17, 15) is 8.42 Å². The number of nitrogens with zero attached hydrogens (tertiary/aromatic N) is 1. The second kappa shape index (κ2) is 9.58. The van der Waals surface area contributed by atoms with E-state index in [4.69, 9.17) is 9.47 Å². The molecule has 3 rings (SSSR count). The molecule has 3 aromatic carbocycles. The summed E-state index contributed by atoms with van der Waals surface area (Å²) in [6, 6.07) is 23.5. The van der Waals surface area contributed by atoms with Crippen molar-refractivity contribution in [2.45, 2.75) is 18.4 Å². The second-order valence-corrected chi connectivity index (χ2v) is 8.51. The maximum Gasteiger partial charge on any atom is 0.264 e. The van der Waals surface area contributed by atoms with E-state index in [0.717, 1.165) is 11.1 Å². The van der Waals surface area contributed by atoms with Gasteiger partial charge in [-0.15, -0.1) is 0 Å². The van der Waals surface area contributed by atoms with Crippen molar-refractivity contribution in [3.63, 3.8) is 0 Å². The third-order valence-corrected chi connectivity index (χ3v) is 6.25. The number of hydrogen-bond donors (Lipinski definition) is 0. The van der Waals surface area contributed by atoms with Gasteiger partial charge in [-0.2, -0.15) is 0 Å². The van der Waals surface area contributed by atoms with Crippen LogP contribution in [0.25, 0.3) is 0 Å². The molecule has 3 aromatic rings. The lowest BCUT2D eigenvalue weighted by atomic mass is 10.2. The third kappa shape index (κ3) is 5.37. The molecule has 0 heterocycles. The lowest BCUT2D eigenvalue weighted by Gasteiger charge is -2.25. The van der Waals surface area contributed by atoms with Gasteiger partial charge in [-0.1, -0.05) is 48.0 Å². The summed E-state index contributed by atoms with van der Waals surface area (Å²) in [6.45, 7) is 3.10. The first-order valence-electron chi connectivity index (χ1n) is 9.36. The summed E-state index contributed by atoms with van der Waals surface area (Å²) in [5.41, 5.74) is 2.61. The van der Waals surface area contributed by atoms with E-state index >= 15 is 0 Å². The molecular weight excluding hydrogens is 386 g/mol. The normalized spacial score (nSPS) is 11.2. The molecule has 0 aliphatic heterocycles. The maximum atomic E-state index is 13.5. The molecule has 0 radical (unpaired) electrons. The van der Waals surface area contributed by atoms with Crippen LogP contribution in [0.1, 0.15) is 11.1 Å². The minimum absolute atomic E-state index is 0.216. The quantitative estimate of drug-likeness (QED) is 0.489. The number of hydrogen-bond acceptors (Lipinski definition) is 4. The summed E-state index contributed by atoms with van der Waals surface area (Å²) < 4.78 is 38.8. The summed E-state index contributed by atoms with van der Waals surface area (Å²) in [6.07, 6.45) is 0. The lowest BCUT2D eigenvalue weighted by Crippen LogP contribution is -2.30. The van der Waals surface area contributed by atoms with E-state index in [1.165, 1.54) is 4.31 Å². The van der Waals surface area contributed by atoms with Crippen LogP contribution < -0.4 is 9.04 Å². The van der Waals surface area contributed by atoms with Crippen LogP contribution in [-0.4, -0.2) is 28.7 Å². The molecule has 5 nitrogen and oxygen atoms in total. The zero-order valence-electron chi connectivity index (χ0n) is 16.6. The number of methoxy groups -OCH3 is 1. The van der Waals surface area contributed by atoms with E-state index in [2.05, 4.69) is 0 Å². The standard InChI is InChI=1S/C23H25NO4S/c1-19-8-10-21(11-9-19)24(18-20-6-4-3-5-7-20)29(25,26)23-14-12-22(13-15-23)28-17-16-27-2/h3-15H,16-18H2,1-2H3. The summed E-state index contributed by atoms with van der Waals surface area (Å²) in [7, 11) is -2.15. The van der Waals surface area contributed by atoms with Crippen molar-refractivity contribution >= 4 is 15.7 Å². The molecule has 0 fully saturated rings. The first-order valence-corrected chi connectivity index (χ1v) is 10.8. The average molecular weight is 412 g/mol. The Hall–Kier alpha value is -2.83. The molecule has 0 unspecified atom stereocenters. The van der Waals surface area contributed by atoms with Crippen LogP contribution in [0.2, 0.25) is 0 Å². The van der Waals surface area contributed by atoms with Crippen LogP contribution in [0.3, 0.4) is 0 Å². The van der Waals surface area contributed by atoms with Crippen molar-refractivity contribution in [3.05, 3.63) is 90.0 Å². The molecular formula is C23H25NO4S. The average Bonchev–Trinajstić information content (AvgIpc) is 2.74. The van der Waals surface area contributed by atoms with Gasteiger partial charge in [0.25, 0.3) is 10.0 Å². The monoisotopic (exact) mass is 411 g/mol. The van der Waals surface area contributed by atoms with Crippen LogP contribution in [0, 0.1) is 6.92 Å². The van der Waals surface area contributed by atoms with Gasteiger partial charge in [0.2, 0.25) is 0 Å². The second-order valence-electron chi connectivity index (χ2n) is 6.65. The van der Waals surface area contributed by atoms with Gasteiger partial charge in [0.05, 0.1) is 23.7 Å². The van der Waals surface area contributed by atoms with E-state index < -0.39 is 10.0 Å². The van der Waals surface area contributed by atoms with E-state index in [1.807, 2.05) is 61.5 Å². The van der Waals surface area contributed by atoms with Crippen molar-refractivity contribution in [2.24, 2.45) is 0 Å². The molecule has 0 bridgehead atoms. The van der Waals surface area contributed by atoms with Crippen LogP contribution in [0.5, 0.6) is 5.75 Å². The Morgan fingerprint density at radius 2 is 1.48 bits per heavy atom. The molecule has 0 atom stereocenters. The Morgan fingerprint density at radius 1 is 0.828 bits per heavy atom. The number of ether oxygens (including phenoxy) is 2. The fraction of sp³-hybridized carbons (Fsp3) is 0.217. The number of sulfonamides is 1. The molecule has 29 heavy (non-hydrogen) atoms. The first kappa shape index (κ1) is 20.9. The van der Waals surface area contributed by atoms with Gasteiger partial charge in [-0.25, -0.2) is 8.42 Å². The first-order chi connectivity index (χ1) is 14.0. The number of aryl methyl sites for hydroxylation is 1. The van der Waals surface area contributed by atoms with Gasteiger partial charge in [-0.3, -0.25) is 4.31 Å². The lowest BCUT2D eigenvalue weighted by molar-refractivity contribution is 0.146. The van der Waals surface area contributed by atoms with Gasteiger partial charge in [0.1, 0.15) is 12.4 Å². The highest BCUT2D eigenvalue weighted by atomic mass is 32.2. The number of benzene rings is 3. The van der Waals surface area contributed by atoms with Crippen molar-refractivity contribution in [3.8, 4) is 5.75 Å². The molecule has 0 saturated carbocycles. The summed E-state index contributed by atoms with van der Waals surface area (Å²) in [4.78, 5) is 0.216. The maximum absolute atomic E-state index is 13.5. The zero-order valence-corrected chi connectivity index (χ0v) is 17.4. The number of rotatable bonds is 9. The Morgan fingerprint density at radius 3 is 2.10 bits per heavy atom. The zero-order chi connectivity index (χ0) is 20.7. The fourth-order valence-electron chi connectivity index (χ4n) is 2.85. The molecule has 0 aliphatic carbocycles. The Balaban J connectivity index is 1.91. The largest absolute Gasteiger partial charge is 0.491 e. The van der Waals surface area contributed by atoms with E-state index in [1.54, 1.807) is 31.4 Å². The van der Waals surface area contributed by atoms with Crippen LogP contribution in [-0.2, 0) is 21.3 Å². The van der Waals surface area contributed by atoms with Crippen LogP contribution >= 0.6 is 0 Å². The van der Waals surface area contributed by atoms with Gasteiger partial charge < -0.3 is 9.47 Å². The molecule has 0 spiro atoms. The molecule has 0 saturated heterocycles. The van der Waals surface area contributed by atoms with Gasteiger partial charge in [-0.05, 0) is 48.9 Å². The SMILES string of the molecule is COCCOc1ccc(S(=O)(=O)N(Cc2ccccc2)c2ccc(C)cc2)cc1. The molecule has 0 aliphatic rings. The Kier molecular flexibility index (Phi) is 6.90. The molecule has 6 heteroatoms. The highest BCUT2D eigenvalue weighted by Gasteiger charge is 2.25. The molecule has 0 amide bonds. The van der Waals surface area contributed by atoms with Crippen molar-refractivity contribution < 1.29 is 17.9 Å². The third-order valence-electron chi connectivity index (χ3n) is 4.46. The summed E-state index contributed by atoms with van der Waals surface area (Å²) in [5.74, 6) is 0.603. The molecule has 0 aromatic heterocycles. The number of anilines is 1. The molecule has 152 valence electrons.